The quantitative estimate of drug-likeness (QED) is 0.900. The minimum atomic E-state index is -0.995. The second-order valence-electron chi connectivity index (χ2n) is 4.59. The summed E-state index contributed by atoms with van der Waals surface area (Å²) in [4.78, 5) is 17.7. The highest BCUT2D eigenvalue weighted by Crippen LogP contribution is 2.41. The number of aliphatic imine (C=N–C) groups is 1. The zero-order valence-corrected chi connectivity index (χ0v) is 11.8. The Kier molecular flexibility index (Phi) is 3.54. The summed E-state index contributed by atoms with van der Waals surface area (Å²) in [7, 11) is 0. The van der Waals surface area contributed by atoms with Gasteiger partial charge in [0.1, 0.15) is 0 Å². The number of aryl methyl sites for hydroxylation is 1. The topological polar surface area (TPSA) is 73.4 Å². The zero-order chi connectivity index (χ0) is 14.2. The molecule has 1 N–H and O–H groups in total. The molecule has 2 heterocycles. The molecule has 0 saturated carbocycles. The molecule has 0 spiro atoms. The largest absolute Gasteiger partial charge is 0.478 e. The molecule has 0 amide bonds. The van der Waals surface area contributed by atoms with Crippen LogP contribution in [0.15, 0.2) is 28.4 Å². The second-order valence-corrected chi connectivity index (χ2v) is 5.91. The van der Waals surface area contributed by atoms with Crippen molar-refractivity contribution in [3.63, 3.8) is 0 Å². The standard InChI is InChI=1S/C14H14N2O2S/c1-7-4-5-11(19-7)13-10(6-15)8(2)16-9(3)12(13)14(17)18/h4-5,10,13H,1-3H3,(H,17,18). The van der Waals surface area contributed by atoms with Crippen LogP contribution in [0.1, 0.15) is 29.5 Å². The Bertz CT molecular complexity index is 634. The van der Waals surface area contributed by atoms with Gasteiger partial charge in [-0.05, 0) is 32.9 Å². The molecular formula is C14H14N2O2S. The van der Waals surface area contributed by atoms with Gasteiger partial charge < -0.3 is 5.11 Å². The molecule has 19 heavy (non-hydrogen) atoms. The lowest BCUT2D eigenvalue weighted by Crippen LogP contribution is -2.27. The number of thiophene rings is 1. The van der Waals surface area contributed by atoms with Gasteiger partial charge in [0.15, 0.2) is 0 Å². The number of hydrogen-bond acceptors (Lipinski definition) is 4. The van der Waals surface area contributed by atoms with Crippen LogP contribution in [0.4, 0.5) is 0 Å². The number of carboxylic acid groups (broad SMARTS) is 1. The Balaban J connectivity index is 2.62. The van der Waals surface area contributed by atoms with Gasteiger partial charge in [-0.25, -0.2) is 4.79 Å². The van der Waals surface area contributed by atoms with Gasteiger partial charge >= 0.3 is 5.97 Å². The molecule has 0 aliphatic carbocycles. The number of aliphatic carboxylic acids is 1. The first-order valence-electron chi connectivity index (χ1n) is 5.91. The Labute approximate surface area is 115 Å². The number of carbonyl (C=O) groups is 1. The molecule has 0 radical (unpaired) electrons. The molecule has 2 atom stereocenters. The first-order chi connectivity index (χ1) is 8.95. The third-order valence-electron chi connectivity index (χ3n) is 3.27. The molecule has 1 aliphatic heterocycles. The SMILES string of the molecule is CC1=NC(C)=C(C(=O)O)C(c2ccc(C)s2)C1C#N. The predicted octanol–water partition coefficient (Wildman–Crippen LogP) is 3.11. The van der Waals surface area contributed by atoms with E-state index < -0.39 is 17.8 Å². The minimum absolute atomic E-state index is 0.235. The van der Waals surface area contributed by atoms with E-state index in [1.807, 2.05) is 19.1 Å². The molecule has 1 aliphatic rings. The summed E-state index contributed by atoms with van der Waals surface area (Å²) >= 11 is 1.53. The molecule has 2 unspecified atom stereocenters. The highest BCUT2D eigenvalue weighted by atomic mass is 32.1. The molecule has 1 aromatic rings. The molecule has 1 aromatic heterocycles. The average Bonchev–Trinajstić information content (AvgIpc) is 2.74. The summed E-state index contributed by atoms with van der Waals surface area (Å²) in [5, 5.41) is 18.8. The van der Waals surface area contributed by atoms with Crippen molar-refractivity contribution < 1.29 is 9.90 Å². The van der Waals surface area contributed by atoms with Crippen LogP contribution < -0.4 is 0 Å². The number of rotatable bonds is 2. The van der Waals surface area contributed by atoms with Gasteiger partial charge in [0.05, 0.1) is 17.6 Å². The van der Waals surface area contributed by atoms with E-state index in [1.165, 1.54) is 11.3 Å². The van der Waals surface area contributed by atoms with Crippen LogP contribution in [0, 0.1) is 24.2 Å². The van der Waals surface area contributed by atoms with Gasteiger partial charge in [-0.1, -0.05) is 0 Å². The van der Waals surface area contributed by atoms with E-state index in [2.05, 4.69) is 11.1 Å². The van der Waals surface area contributed by atoms with Crippen LogP contribution in [-0.2, 0) is 4.79 Å². The van der Waals surface area contributed by atoms with Crippen molar-refractivity contribution in [1.82, 2.24) is 0 Å². The van der Waals surface area contributed by atoms with Crippen LogP contribution in [0.2, 0.25) is 0 Å². The van der Waals surface area contributed by atoms with Crippen molar-refractivity contribution in [2.75, 3.05) is 0 Å². The zero-order valence-electron chi connectivity index (χ0n) is 11.0. The van der Waals surface area contributed by atoms with Gasteiger partial charge in [-0.3, -0.25) is 4.99 Å². The maximum Gasteiger partial charge on any atom is 0.334 e. The van der Waals surface area contributed by atoms with E-state index in [9.17, 15) is 15.2 Å². The third kappa shape index (κ3) is 2.32. The number of carboxylic acids is 1. The van der Waals surface area contributed by atoms with Gasteiger partial charge in [-0.2, -0.15) is 5.26 Å². The summed E-state index contributed by atoms with van der Waals surface area (Å²) in [5.74, 6) is -1.92. The Hall–Kier alpha value is -1.93. The summed E-state index contributed by atoms with van der Waals surface area (Å²) < 4.78 is 0. The van der Waals surface area contributed by atoms with Crippen LogP contribution in [0.5, 0.6) is 0 Å². The van der Waals surface area contributed by atoms with Crippen molar-refractivity contribution in [2.45, 2.75) is 26.7 Å². The first kappa shape index (κ1) is 13.5. The predicted molar refractivity (Wildman–Crippen MR) is 74.3 cm³/mol. The lowest BCUT2D eigenvalue weighted by molar-refractivity contribution is -0.133. The van der Waals surface area contributed by atoms with Gasteiger partial charge in [0, 0.05) is 27.1 Å². The average molecular weight is 274 g/mol. The summed E-state index contributed by atoms with van der Waals surface area (Å²) in [6.45, 7) is 5.44. The third-order valence-corrected chi connectivity index (χ3v) is 4.35. The molecule has 0 bridgehead atoms. The van der Waals surface area contributed by atoms with Gasteiger partial charge in [0.2, 0.25) is 0 Å². The summed E-state index contributed by atoms with van der Waals surface area (Å²) in [6.07, 6.45) is 0. The Morgan fingerprint density at radius 1 is 1.42 bits per heavy atom. The van der Waals surface area contributed by atoms with Crippen molar-refractivity contribution in [3.05, 3.63) is 33.2 Å². The smallest absolute Gasteiger partial charge is 0.334 e. The fourth-order valence-electron chi connectivity index (χ4n) is 2.41. The van der Waals surface area contributed by atoms with Crippen molar-refractivity contribution in [1.29, 1.82) is 5.26 Å². The number of hydrogen-bond donors (Lipinski definition) is 1. The Morgan fingerprint density at radius 2 is 2.11 bits per heavy atom. The number of nitrogens with zero attached hydrogens (tertiary/aromatic N) is 2. The summed E-state index contributed by atoms with van der Waals surface area (Å²) in [6, 6.07) is 6.05. The molecule has 0 aromatic carbocycles. The maximum atomic E-state index is 11.5. The molecule has 4 nitrogen and oxygen atoms in total. The van der Waals surface area contributed by atoms with E-state index in [-0.39, 0.29) is 5.57 Å². The number of allylic oxidation sites excluding steroid dienone is 1. The van der Waals surface area contributed by atoms with Crippen LogP contribution in [-0.4, -0.2) is 16.8 Å². The molecule has 0 fully saturated rings. The molecular weight excluding hydrogens is 260 g/mol. The fraction of sp³-hybridized carbons (Fsp3) is 0.357. The van der Waals surface area contributed by atoms with Gasteiger partial charge in [-0.15, -0.1) is 11.3 Å². The van der Waals surface area contributed by atoms with E-state index in [4.69, 9.17) is 0 Å². The van der Waals surface area contributed by atoms with E-state index in [0.29, 0.717) is 11.4 Å². The van der Waals surface area contributed by atoms with Crippen LogP contribution in [0.3, 0.4) is 0 Å². The number of nitriles is 1. The monoisotopic (exact) mass is 274 g/mol. The normalized spacial score (nSPS) is 22.9. The van der Waals surface area contributed by atoms with Crippen LogP contribution in [0.25, 0.3) is 0 Å². The molecule has 5 heteroatoms. The Morgan fingerprint density at radius 3 is 2.58 bits per heavy atom. The lowest BCUT2D eigenvalue weighted by atomic mass is 9.80. The fourth-order valence-corrected chi connectivity index (χ4v) is 3.43. The van der Waals surface area contributed by atoms with Gasteiger partial charge in [0.25, 0.3) is 0 Å². The van der Waals surface area contributed by atoms with E-state index in [1.54, 1.807) is 13.8 Å². The molecule has 0 saturated heterocycles. The maximum absolute atomic E-state index is 11.5. The highest BCUT2D eigenvalue weighted by Gasteiger charge is 2.37. The van der Waals surface area contributed by atoms with Crippen molar-refractivity contribution in [2.24, 2.45) is 10.9 Å². The highest BCUT2D eigenvalue weighted by molar-refractivity contribution is 7.12. The van der Waals surface area contributed by atoms with Crippen LogP contribution >= 0.6 is 11.3 Å². The summed E-state index contributed by atoms with van der Waals surface area (Å²) in [5.41, 5.74) is 1.41. The molecule has 98 valence electrons. The first-order valence-corrected chi connectivity index (χ1v) is 6.72. The van der Waals surface area contributed by atoms with E-state index in [0.717, 1.165) is 9.75 Å². The second kappa shape index (κ2) is 4.98. The van der Waals surface area contributed by atoms with Crippen molar-refractivity contribution >= 4 is 23.0 Å². The van der Waals surface area contributed by atoms with Crippen molar-refractivity contribution in [3.8, 4) is 6.07 Å². The molecule has 2 rings (SSSR count). The minimum Gasteiger partial charge on any atom is -0.478 e. The van der Waals surface area contributed by atoms with E-state index >= 15 is 0 Å². The lowest BCUT2D eigenvalue weighted by Gasteiger charge is -2.26.